The van der Waals surface area contributed by atoms with Crippen LogP contribution in [0.25, 0.3) is 0 Å². The molecule has 1 amide bonds. The average Bonchev–Trinajstić information content (AvgIpc) is 2.48. The fourth-order valence-electron chi connectivity index (χ4n) is 1.42. The van der Waals surface area contributed by atoms with E-state index >= 15 is 0 Å². The van der Waals surface area contributed by atoms with E-state index in [9.17, 15) is 4.79 Å². The first kappa shape index (κ1) is 16.9. The van der Waals surface area contributed by atoms with E-state index in [1.54, 1.807) is 13.2 Å². The molecule has 0 fully saturated rings. The van der Waals surface area contributed by atoms with E-state index in [1.807, 2.05) is 12.1 Å². The Balaban J connectivity index is 0. The van der Waals surface area contributed by atoms with E-state index in [0.29, 0.717) is 6.54 Å². The Labute approximate surface area is 114 Å². The second-order valence-corrected chi connectivity index (χ2v) is 2.67. The van der Waals surface area contributed by atoms with Gasteiger partial charge in [-0.25, -0.2) is 0 Å². The molecule has 2 rings (SSSR count). The number of benzene rings is 1. The van der Waals surface area contributed by atoms with Gasteiger partial charge in [-0.1, -0.05) is 6.07 Å². The normalized spacial score (nSPS) is 11.1. The number of carbonyl (C=O) groups excluding carboxylic acids is 1. The predicted molar refractivity (Wildman–Crippen MR) is 57.0 cm³/mol. The molecule has 0 bridgehead atoms. The number of fused-ring (bicyclic) bond motifs is 1. The van der Waals surface area contributed by atoms with Crippen molar-refractivity contribution in [3.8, 4) is 5.75 Å². The minimum atomic E-state index is -0.0103. The van der Waals surface area contributed by atoms with Gasteiger partial charge in [0, 0.05) is 47.6 Å². The Morgan fingerprint density at radius 3 is 2.60 bits per heavy atom. The van der Waals surface area contributed by atoms with Crippen LogP contribution in [0.3, 0.4) is 0 Å². The number of methoxy groups -OCH3 is 1. The van der Waals surface area contributed by atoms with Crippen LogP contribution in [0.4, 0.5) is 0 Å². The van der Waals surface area contributed by atoms with Gasteiger partial charge in [-0.3, -0.25) is 4.79 Å². The summed E-state index contributed by atoms with van der Waals surface area (Å²) in [6.45, 7) is 0.582. The quantitative estimate of drug-likeness (QED) is 0.691. The van der Waals surface area contributed by atoms with Gasteiger partial charge >= 0.3 is 0 Å². The van der Waals surface area contributed by atoms with Crippen molar-refractivity contribution in [1.82, 2.24) is 5.32 Å². The van der Waals surface area contributed by atoms with E-state index in [1.165, 1.54) is 0 Å². The summed E-state index contributed by atoms with van der Waals surface area (Å²) in [5, 5.41) is 2.74. The first-order chi connectivity index (χ1) is 5.83. The summed E-state index contributed by atoms with van der Waals surface area (Å²) in [7, 11) is 1.61. The molecule has 0 aliphatic carbocycles. The summed E-state index contributed by atoms with van der Waals surface area (Å²) in [6, 6.07) is 5.49. The second-order valence-electron chi connectivity index (χ2n) is 2.67. The maximum absolute atomic E-state index is 11.2. The zero-order valence-electron chi connectivity index (χ0n) is 9.20. The minimum absolute atomic E-state index is 0. The van der Waals surface area contributed by atoms with Gasteiger partial charge in [0.1, 0.15) is 5.75 Å². The molecule has 0 saturated heterocycles. The maximum Gasteiger partial charge on any atom is 0.252 e. The third-order valence-electron chi connectivity index (χ3n) is 2.02. The Hall–Kier alpha value is -0.497. The van der Waals surface area contributed by atoms with Gasteiger partial charge in [-0.05, 0) is 12.1 Å². The van der Waals surface area contributed by atoms with Gasteiger partial charge in [0.25, 0.3) is 5.91 Å². The third-order valence-corrected chi connectivity index (χ3v) is 2.02. The topological polar surface area (TPSA) is 38.3 Å². The third kappa shape index (κ3) is 2.98. The molecule has 1 aromatic rings. The first-order valence-corrected chi connectivity index (χ1v) is 3.77. The summed E-state index contributed by atoms with van der Waals surface area (Å²) in [6.07, 6.45) is 0. The monoisotopic (exact) mass is 429 g/mol. The summed E-state index contributed by atoms with van der Waals surface area (Å²) in [4.78, 5) is 11.2. The Morgan fingerprint density at radius 2 is 2.00 bits per heavy atom. The van der Waals surface area contributed by atoms with Gasteiger partial charge in [0.15, 0.2) is 0 Å². The van der Waals surface area contributed by atoms with Crippen LogP contribution >= 0.6 is 0 Å². The molecule has 0 aromatic heterocycles. The molecule has 15 heavy (non-hydrogen) atoms. The number of hydrogen-bond donors (Lipinski definition) is 1. The molecular formula is C11H15NNpO2-2. The van der Waals surface area contributed by atoms with Crippen molar-refractivity contribution >= 4 is 5.91 Å². The van der Waals surface area contributed by atoms with Crippen LogP contribution in [0, 0.1) is 44.8 Å². The molecule has 0 spiro atoms. The van der Waals surface area contributed by atoms with Crippen molar-refractivity contribution in [2.45, 2.75) is 6.54 Å². The molecule has 1 aliphatic rings. The molecule has 0 unspecified atom stereocenters. The minimum Gasteiger partial charge on any atom is -0.496 e. The van der Waals surface area contributed by atoms with E-state index in [0.717, 1.165) is 16.9 Å². The summed E-state index contributed by atoms with van der Waals surface area (Å²) >= 11 is 0. The van der Waals surface area contributed by atoms with Crippen LogP contribution in [0.2, 0.25) is 0 Å². The fourth-order valence-corrected chi connectivity index (χ4v) is 1.42. The van der Waals surface area contributed by atoms with E-state index < -0.39 is 0 Å². The molecular weight excluding hydrogens is 415 g/mol. The maximum atomic E-state index is 11.2. The molecule has 1 aliphatic heterocycles. The Kier molecular flexibility index (Phi) is 7.77. The number of nitrogens with one attached hydrogen (secondary N) is 1. The van der Waals surface area contributed by atoms with E-state index in [4.69, 9.17) is 4.74 Å². The molecule has 4 heteroatoms. The van der Waals surface area contributed by atoms with Gasteiger partial charge in [0.05, 0.1) is 7.11 Å². The van der Waals surface area contributed by atoms with Crippen molar-refractivity contribution in [3.05, 3.63) is 44.2 Å². The molecule has 1 aromatic carbocycles. The van der Waals surface area contributed by atoms with Gasteiger partial charge in [-0.2, -0.15) is 0 Å². The first-order valence-electron chi connectivity index (χ1n) is 3.77. The molecule has 0 saturated carbocycles. The molecule has 0 atom stereocenters. The van der Waals surface area contributed by atoms with Gasteiger partial charge in [0.2, 0.25) is 0 Å². The number of carbonyl (C=O) groups is 1. The van der Waals surface area contributed by atoms with Gasteiger partial charge in [-0.15, -0.1) is 0 Å². The summed E-state index contributed by atoms with van der Waals surface area (Å²) < 4.78 is 5.11. The predicted octanol–water partition coefficient (Wildman–Crippen LogP) is 1.84. The van der Waals surface area contributed by atoms with Crippen LogP contribution in [0.1, 0.15) is 15.9 Å². The van der Waals surface area contributed by atoms with Crippen molar-refractivity contribution in [1.29, 1.82) is 0 Å². The Bertz CT molecular complexity index is 339. The van der Waals surface area contributed by atoms with Crippen LogP contribution in [0.5, 0.6) is 5.75 Å². The van der Waals surface area contributed by atoms with Gasteiger partial charge < -0.3 is 24.9 Å². The number of amides is 1. The number of rotatable bonds is 1. The zero-order chi connectivity index (χ0) is 8.55. The average molecular weight is 430 g/mol. The second kappa shape index (κ2) is 6.89. The fraction of sp³-hybridized carbons (Fsp3) is 0.182. The molecule has 1 heterocycles. The molecule has 3 nitrogen and oxygen atoms in total. The molecule has 83 valence electrons. The molecule has 1 radical (unpaired) electrons. The summed E-state index contributed by atoms with van der Waals surface area (Å²) in [5.41, 5.74) is 1.69. The van der Waals surface area contributed by atoms with Crippen LogP contribution in [-0.2, 0) is 6.54 Å². The SMILES string of the molecule is COc1cccc2c1CNC2=O.[CH3-].[CH3-].[Np]. The number of hydrogen-bond acceptors (Lipinski definition) is 2. The van der Waals surface area contributed by atoms with E-state index in [2.05, 4.69) is 5.32 Å². The van der Waals surface area contributed by atoms with Crippen LogP contribution < -0.4 is 10.1 Å². The standard InChI is InChI=1S/C9H9NO2.2CH3.Np/c1-12-8-4-2-3-6-7(8)5-10-9(6)11;;;/h2-4H,5H2,1H3,(H,10,11);2*1H3;/q;2*-1;. The smallest absolute Gasteiger partial charge is 0.252 e. The van der Waals surface area contributed by atoms with Crippen molar-refractivity contribution < 1.29 is 39.5 Å². The van der Waals surface area contributed by atoms with Crippen molar-refractivity contribution in [2.75, 3.05) is 7.11 Å². The largest absolute Gasteiger partial charge is 0.496 e. The number of ether oxygens (including phenoxy) is 1. The van der Waals surface area contributed by atoms with E-state index in [-0.39, 0.29) is 50.7 Å². The molecule has 1 N–H and O–H groups in total. The zero-order valence-corrected chi connectivity index (χ0v) is 12.9. The van der Waals surface area contributed by atoms with Crippen molar-refractivity contribution in [3.63, 3.8) is 0 Å². The van der Waals surface area contributed by atoms with Crippen molar-refractivity contribution in [2.24, 2.45) is 0 Å². The summed E-state index contributed by atoms with van der Waals surface area (Å²) in [5.74, 6) is 0.773. The Morgan fingerprint density at radius 1 is 1.33 bits per heavy atom. The van der Waals surface area contributed by atoms with Crippen LogP contribution in [-0.4, -0.2) is 13.0 Å². The van der Waals surface area contributed by atoms with Crippen LogP contribution in [0.15, 0.2) is 18.2 Å².